The Bertz CT molecular complexity index is 684. The summed E-state index contributed by atoms with van der Waals surface area (Å²) >= 11 is 0. The van der Waals surface area contributed by atoms with Crippen molar-refractivity contribution in [3.63, 3.8) is 0 Å². The topological polar surface area (TPSA) is 158 Å². The van der Waals surface area contributed by atoms with Gasteiger partial charge in [-0.2, -0.15) is 0 Å². The maximum absolute atomic E-state index is 11.7. The molecular weight excluding hydrogens is 342 g/mol. The zero-order chi connectivity index (χ0) is 15.9. The molecule has 0 aromatic carbocycles. The van der Waals surface area contributed by atoms with Gasteiger partial charge < -0.3 is 13.8 Å². The molecule has 2 bridgehead atoms. The number of hydrogen-bond donors (Lipinski definition) is 0. The fraction of sp³-hybridized carbons (Fsp3) is 0.800. The van der Waals surface area contributed by atoms with Crippen molar-refractivity contribution in [2.45, 2.75) is 17.4 Å². The van der Waals surface area contributed by atoms with E-state index in [1.54, 1.807) is 0 Å². The quantitative estimate of drug-likeness (QED) is 0.204. The van der Waals surface area contributed by atoms with E-state index in [0.29, 0.717) is 0 Å². The average Bonchev–Trinajstić information content (AvgIpc) is 2.85. The Morgan fingerprint density at radius 1 is 0.826 bits per heavy atom. The molecule has 2 aliphatic carbocycles. The average molecular weight is 352 g/mol. The van der Waals surface area contributed by atoms with E-state index in [2.05, 4.69) is 4.74 Å². The molecule has 0 aromatic rings. The molecule has 0 aromatic heterocycles. The van der Waals surface area contributed by atoms with Gasteiger partial charge in [0.2, 0.25) is 0 Å². The van der Waals surface area contributed by atoms with Gasteiger partial charge >= 0.3 is 49.7 Å². The summed E-state index contributed by atoms with van der Waals surface area (Å²) in [6.45, 7) is 1.44. The predicted molar refractivity (Wildman–Crippen MR) is 61.2 cm³/mol. The van der Waals surface area contributed by atoms with E-state index in [0.717, 1.165) is 0 Å². The Morgan fingerprint density at radius 2 is 1.13 bits per heavy atom. The summed E-state index contributed by atoms with van der Waals surface area (Å²) in [6.07, 6.45) is 0. The van der Waals surface area contributed by atoms with Gasteiger partial charge in [-0.15, -0.1) is 0 Å². The van der Waals surface area contributed by atoms with Crippen LogP contribution in [0, 0.1) is 29.6 Å². The predicted octanol–water partition coefficient (Wildman–Crippen LogP) is -7.97. The molecule has 3 rings (SSSR count). The largest absolute Gasteiger partial charge is 1.00 e. The van der Waals surface area contributed by atoms with E-state index in [1.807, 2.05) is 0 Å². The Labute approximate surface area is 156 Å². The number of ether oxygens (including phenoxy) is 1. The van der Waals surface area contributed by atoms with Gasteiger partial charge in [-0.3, -0.25) is 9.59 Å². The summed E-state index contributed by atoms with van der Waals surface area (Å²) in [6, 6.07) is 0. The number of carbonyl (C=O) groups excluding carboxylic acids is 2. The second kappa shape index (κ2) is 6.15. The van der Waals surface area contributed by atoms with Crippen LogP contribution in [0.15, 0.2) is 0 Å². The minimum atomic E-state index is -5.13. The van der Waals surface area contributed by atoms with Gasteiger partial charge in [0.05, 0.1) is 42.6 Å². The third-order valence-electron chi connectivity index (χ3n) is 4.93. The van der Waals surface area contributed by atoms with Crippen LogP contribution in [0.4, 0.5) is 0 Å². The van der Waals surface area contributed by atoms with Gasteiger partial charge in [0.15, 0.2) is 0 Å². The van der Waals surface area contributed by atoms with Crippen LogP contribution in [0.3, 0.4) is 0 Å². The molecule has 0 amide bonds. The zero-order valence-corrected chi connectivity index (χ0v) is 14.2. The molecule has 0 spiro atoms. The molecule has 1 heterocycles. The van der Waals surface area contributed by atoms with Gasteiger partial charge in [0, 0.05) is 0 Å². The normalized spacial score (nSPS) is 41.8. The van der Waals surface area contributed by atoms with Gasteiger partial charge in [-0.05, 0) is 17.8 Å². The second-order valence-electron chi connectivity index (χ2n) is 5.72. The minimum Gasteiger partial charge on any atom is -0.748 e. The monoisotopic (exact) mass is 352 g/mol. The van der Waals surface area contributed by atoms with Gasteiger partial charge in [0.1, 0.15) is 0 Å². The van der Waals surface area contributed by atoms with E-state index in [-0.39, 0.29) is 37.7 Å². The van der Waals surface area contributed by atoms with E-state index >= 15 is 0 Å². The zero-order valence-electron chi connectivity index (χ0n) is 12.5. The molecule has 3 fully saturated rings. The fourth-order valence-electron chi connectivity index (χ4n) is 4.39. The van der Waals surface area contributed by atoms with Crippen LogP contribution in [0.25, 0.3) is 0 Å². The summed E-state index contributed by atoms with van der Waals surface area (Å²) in [5, 5.41) is -4.03. The van der Waals surface area contributed by atoms with Crippen molar-refractivity contribution in [3.8, 4) is 0 Å². The molecule has 1 aliphatic heterocycles. The number of hydrogen-bond acceptors (Lipinski definition) is 9. The summed E-state index contributed by atoms with van der Waals surface area (Å²) in [7, 11) is -10.3. The Kier molecular flexibility index (Phi) is 5.67. The fourth-order valence-corrected chi connectivity index (χ4v) is 7.83. The first-order valence-corrected chi connectivity index (χ1v) is 9.05. The summed E-state index contributed by atoms with van der Waals surface area (Å²) < 4.78 is 72.8. The van der Waals surface area contributed by atoms with Gasteiger partial charge in [-0.25, -0.2) is 16.8 Å². The van der Waals surface area contributed by atoms with E-state index < -0.39 is 72.3 Å². The molecule has 0 radical (unpaired) electrons. The van der Waals surface area contributed by atoms with Crippen LogP contribution in [0.5, 0.6) is 0 Å². The molecule has 1 saturated heterocycles. The molecule has 0 N–H and O–H groups in total. The summed E-state index contributed by atoms with van der Waals surface area (Å²) in [5.41, 5.74) is 0. The van der Waals surface area contributed by atoms with Crippen molar-refractivity contribution in [1.82, 2.24) is 0 Å². The maximum atomic E-state index is 11.7. The van der Waals surface area contributed by atoms with Crippen LogP contribution < -0.4 is 37.7 Å². The van der Waals surface area contributed by atoms with E-state index in [9.17, 15) is 35.5 Å². The van der Waals surface area contributed by atoms with Crippen LogP contribution in [-0.4, -0.2) is 48.4 Å². The molecule has 13 heteroatoms. The smallest absolute Gasteiger partial charge is 0.748 e. The van der Waals surface area contributed by atoms with E-state index in [4.69, 9.17) is 0 Å². The van der Waals surface area contributed by atoms with Crippen LogP contribution in [-0.2, 0) is 34.6 Å². The number of esters is 2. The van der Waals surface area contributed by atoms with Gasteiger partial charge in [-0.1, -0.05) is 6.92 Å². The Morgan fingerprint density at radius 3 is 1.39 bits per heavy atom. The standard InChI is InChI=1S/C10H12O9S2.2Li/c1-2-3-5-6(10(12)19-9(5)11)4(2)8(21(16,17)18)7(3)20(13,14)15;;/h2-8H,1H3,(H,13,14,15)(H,16,17,18);;/q;2*+1/p-2. The van der Waals surface area contributed by atoms with Crippen molar-refractivity contribution < 1.29 is 78.0 Å². The maximum Gasteiger partial charge on any atom is 1.00 e. The summed E-state index contributed by atoms with van der Waals surface area (Å²) in [5.74, 6) is -7.34. The second-order valence-corrected chi connectivity index (χ2v) is 8.78. The van der Waals surface area contributed by atoms with Crippen molar-refractivity contribution in [1.29, 1.82) is 0 Å². The first-order valence-electron chi connectivity index (χ1n) is 6.11. The molecular formula is C10H10Li2O9S2. The Hall–Kier alpha value is 0.155. The first-order chi connectivity index (χ1) is 9.46. The van der Waals surface area contributed by atoms with E-state index in [1.165, 1.54) is 6.92 Å². The first kappa shape index (κ1) is 21.2. The van der Waals surface area contributed by atoms with Gasteiger partial charge in [0.25, 0.3) is 0 Å². The number of carbonyl (C=O) groups is 2. The van der Waals surface area contributed by atoms with Crippen LogP contribution in [0.1, 0.15) is 6.92 Å². The summed E-state index contributed by atoms with van der Waals surface area (Å²) in [4.78, 5) is 23.3. The number of rotatable bonds is 2. The number of fused-ring (bicyclic) bond motifs is 5. The molecule has 6 atom stereocenters. The third-order valence-corrected chi connectivity index (χ3v) is 7.65. The minimum absolute atomic E-state index is 0. The van der Waals surface area contributed by atoms with Crippen molar-refractivity contribution in [2.24, 2.45) is 29.6 Å². The number of cyclic esters (lactones) is 2. The van der Waals surface area contributed by atoms with Crippen LogP contribution in [0.2, 0.25) is 0 Å². The Balaban J connectivity index is 0.00000132. The van der Waals surface area contributed by atoms with Crippen LogP contribution >= 0.6 is 0 Å². The van der Waals surface area contributed by atoms with Crippen molar-refractivity contribution in [3.05, 3.63) is 0 Å². The third kappa shape index (κ3) is 2.85. The van der Waals surface area contributed by atoms with Crippen molar-refractivity contribution in [2.75, 3.05) is 0 Å². The molecule has 23 heavy (non-hydrogen) atoms. The molecule has 9 nitrogen and oxygen atoms in total. The molecule has 118 valence electrons. The molecule has 6 unspecified atom stereocenters. The molecule has 3 aliphatic rings. The molecule has 2 saturated carbocycles. The van der Waals surface area contributed by atoms with Crippen molar-refractivity contribution >= 4 is 32.2 Å². The SMILES string of the molecule is CC1C2C3C(=O)OC(=O)C3C1C(S(=O)(=O)[O-])C2S(=O)(=O)[O-].[Li+].[Li+].